The van der Waals surface area contributed by atoms with E-state index in [-0.39, 0.29) is 12.5 Å². The van der Waals surface area contributed by atoms with Gasteiger partial charge in [-0.25, -0.2) is 23.3 Å². The SMILES string of the molecule is Cc1cc(-c2c(-c3ccccc3)nc(N)n3c(=O)n(Cc4ccc(F)cn4)nc23)cc(C)[n+]1[O-]. The molecule has 2 N–H and O–H groups in total. The smallest absolute Gasteiger partial charge is 0.353 e. The van der Waals surface area contributed by atoms with Crippen LogP contribution in [0.2, 0.25) is 0 Å². The first-order valence-electron chi connectivity index (χ1n) is 10.5. The molecule has 0 radical (unpaired) electrons. The number of nitrogens with zero attached hydrogens (tertiary/aromatic N) is 6. The Hall–Kier alpha value is -4.60. The molecule has 170 valence electrons. The summed E-state index contributed by atoms with van der Waals surface area (Å²) in [7, 11) is 0. The molecular formula is C24H20FN7O2. The second-order valence-electron chi connectivity index (χ2n) is 7.95. The zero-order valence-corrected chi connectivity index (χ0v) is 18.4. The van der Waals surface area contributed by atoms with Crippen molar-refractivity contribution >= 4 is 11.6 Å². The van der Waals surface area contributed by atoms with Crippen LogP contribution in [0.5, 0.6) is 0 Å². The Balaban J connectivity index is 1.82. The van der Waals surface area contributed by atoms with Gasteiger partial charge in [-0.1, -0.05) is 30.3 Å². The summed E-state index contributed by atoms with van der Waals surface area (Å²) in [5, 5.41) is 16.8. The quantitative estimate of drug-likeness (QED) is 0.327. The summed E-state index contributed by atoms with van der Waals surface area (Å²) in [5.74, 6) is -0.496. The molecule has 0 amide bonds. The molecule has 4 heterocycles. The van der Waals surface area contributed by atoms with E-state index >= 15 is 0 Å². The highest BCUT2D eigenvalue weighted by Gasteiger charge is 2.23. The topological polar surface area (TPSA) is 118 Å². The summed E-state index contributed by atoms with van der Waals surface area (Å²) >= 11 is 0. The van der Waals surface area contributed by atoms with Crippen molar-refractivity contribution in [3.8, 4) is 22.4 Å². The maximum absolute atomic E-state index is 13.3. The van der Waals surface area contributed by atoms with Crippen LogP contribution in [0.3, 0.4) is 0 Å². The molecule has 0 aliphatic heterocycles. The number of hydrogen-bond acceptors (Lipinski definition) is 6. The number of nitrogen functional groups attached to an aromatic ring is 1. The summed E-state index contributed by atoms with van der Waals surface area (Å²) in [6.07, 6.45) is 1.08. The van der Waals surface area contributed by atoms with Crippen molar-refractivity contribution < 1.29 is 9.12 Å². The fraction of sp³-hybridized carbons (Fsp3) is 0.125. The van der Waals surface area contributed by atoms with Gasteiger partial charge in [0.2, 0.25) is 5.95 Å². The van der Waals surface area contributed by atoms with E-state index in [4.69, 9.17) is 5.73 Å². The van der Waals surface area contributed by atoms with E-state index in [1.807, 2.05) is 30.3 Å². The Labute approximate surface area is 193 Å². The Morgan fingerprint density at radius 2 is 1.76 bits per heavy atom. The predicted octanol–water partition coefficient (Wildman–Crippen LogP) is 2.64. The fourth-order valence-electron chi connectivity index (χ4n) is 3.96. The highest BCUT2D eigenvalue weighted by atomic mass is 19.1. The molecule has 0 atom stereocenters. The van der Waals surface area contributed by atoms with Crippen molar-refractivity contribution in [2.24, 2.45) is 0 Å². The molecular weight excluding hydrogens is 437 g/mol. The zero-order chi connectivity index (χ0) is 24.0. The van der Waals surface area contributed by atoms with Gasteiger partial charge in [-0.3, -0.25) is 4.98 Å². The molecule has 0 aliphatic rings. The van der Waals surface area contributed by atoms with Gasteiger partial charge in [0.1, 0.15) is 5.82 Å². The summed E-state index contributed by atoms with van der Waals surface area (Å²) in [5.41, 5.74) is 10.0. The van der Waals surface area contributed by atoms with Gasteiger partial charge in [0.25, 0.3) is 0 Å². The van der Waals surface area contributed by atoms with E-state index in [9.17, 15) is 14.4 Å². The molecule has 0 saturated heterocycles. The number of anilines is 1. The molecule has 0 fully saturated rings. The van der Waals surface area contributed by atoms with Crippen molar-refractivity contribution in [1.29, 1.82) is 0 Å². The van der Waals surface area contributed by atoms with E-state index in [1.54, 1.807) is 26.0 Å². The molecule has 5 rings (SSSR count). The van der Waals surface area contributed by atoms with Crippen LogP contribution in [0.15, 0.2) is 65.6 Å². The molecule has 5 aromatic rings. The normalized spacial score (nSPS) is 11.3. The predicted molar refractivity (Wildman–Crippen MR) is 124 cm³/mol. The Kier molecular flexibility index (Phi) is 5.05. The number of fused-ring (bicyclic) bond motifs is 1. The van der Waals surface area contributed by atoms with Crippen LogP contribution in [-0.4, -0.2) is 24.1 Å². The summed E-state index contributed by atoms with van der Waals surface area (Å²) in [6.45, 7) is 3.44. The number of nitrogens with two attached hydrogens (primary N) is 1. The number of halogens is 1. The maximum Gasteiger partial charge on any atom is 0.353 e. The molecule has 0 aliphatic carbocycles. The third kappa shape index (κ3) is 3.54. The Morgan fingerprint density at radius 1 is 1.06 bits per heavy atom. The van der Waals surface area contributed by atoms with Crippen LogP contribution in [0.4, 0.5) is 10.3 Å². The molecule has 10 heteroatoms. The Bertz CT molecular complexity index is 1570. The van der Waals surface area contributed by atoms with Crippen molar-refractivity contribution in [2.75, 3.05) is 5.73 Å². The lowest BCUT2D eigenvalue weighted by Crippen LogP contribution is -2.33. The van der Waals surface area contributed by atoms with Crippen molar-refractivity contribution in [3.63, 3.8) is 0 Å². The number of aromatic nitrogens is 6. The van der Waals surface area contributed by atoms with Gasteiger partial charge < -0.3 is 10.9 Å². The second kappa shape index (κ2) is 8.07. The van der Waals surface area contributed by atoms with Crippen molar-refractivity contribution in [1.82, 2.24) is 24.1 Å². The van der Waals surface area contributed by atoms with Gasteiger partial charge in [-0.15, -0.1) is 5.10 Å². The van der Waals surface area contributed by atoms with Crippen LogP contribution < -0.4 is 16.2 Å². The van der Waals surface area contributed by atoms with E-state index in [2.05, 4.69) is 15.1 Å². The minimum atomic E-state index is -0.504. The fourth-order valence-corrected chi connectivity index (χ4v) is 3.96. The summed E-state index contributed by atoms with van der Waals surface area (Å²) in [4.78, 5) is 21.8. The summed E-state index contributed by atoms with van der Waals surface area (Å²) in [6, 6.07) is 15.6. The van der Waals surface area contributed by atoms with Gasteiger partial charge >= 0.3 is 5.69 Å². The van der Waals surface area contributed by atoms with Gasteiger partial charge in [-0.2, -0.15) is 4.73 Å². The minimum Gasteiger partial charge on any atom is -0.618 e. The third-order valence-electron chi connectivity index (χ3n) is 5.56. The highest BCUT2D eigenvalue weighted by Crippen LogP contribution is 2.34. The van der Waals surface area contributed by atoms with E-state index in [0.29, 0.717) is 39.5 Å². The van der Waals surface area contributed by atoms with Gasteiger partial charge in [0.05, 0.1) is 29.7 Å². The number of hydrogen-bond donors (Lipinski definition) is 1. The van der Waals surface area contributed by atoms with Crippen LogP contribution >= 0.6 is 0 Å². The van der Waals surface area contributed by atoms with Gasteiger partial charge in [-0.05, 0) is 12.1 Å². The van der Waals surface area contributed by atoms with Crippen LogP contribution in [0, 0.1) is 24.9 Å². The lowest BCUT2D eigenvalue weighted by Gasteiger charge is -2.13. The minimum absolute atomic E-state index is 0.0216. The van der Waals surface area contributed by atoms with Crippen LogP contribution in [-0.2, 0) is 6.54 Å². The molecule has 34 heavy (non-hydrogen) atoms. The molecule has 1 aromatic carbocycles. The average molecular weight is 457 g/mol. The molecule has 4 aromatic heterocycles. The zero-order valence-electron chi connectivity index (χ0n) is 18.4. The first kappa shape index (κ1) is 21.3. The first-order chi connectivity index (χ1) is 16.3. The largest absolute Gasteiger partial charge is 0.618 e. The van der Waals surface area contributed by atoms with Crippen molar-refractivity contribution in [3.05, 3.63) is 99.4 Å². The van der Waals surface area contributed by atoms with Crippen LogP contribution in [0.25, 0.3) is 28.0 Å². The lowest BCUT2D eigenvalue weighted by molar-refractivity contribution is -0.619. The van der Waals surface area contributed by atoms with Gasteiger partial charge in [0, 0.05) is 37.1 Å². The number of pyridine rings is 2. The van der Waals surface area contributed by atoms with E-state index < -0.39 is 11.5 Å². The molecule has 0 bridgehead atoms. The van der Waals surface area contributed by atoms with Crippen molar-refractivity contribution in [2.45, 2.75) is 20.4 Å². The van der Waals surface area contributed by atoms with Crippen LogP contribution in [0.1, 0.15) is 17.1 Å². The standard InChI is InChI=1S/C24H20FN7O2/c1-14-10-17(11-15(2)32(14)34)20-21(16-6-4-3-5-7-16)28-23(26)31-22(20)29-30(24(31)33)13-19-9-8-18(25)12-27-19/h3-12H,13H2,1-2H3,(H2,26,28). The lowest BCUT2D eigenvalue weighted by atomic mass is 9.99. The highest BCUT2D eigenvalue weighted by molar-refractivity contribution is 5.90. The second-order valence-corrected chi connectivity index (χ2v) is 7.95. The van der Waals surface area contributed by atoms with E-state index in [1.165, 1.54) is 21.2 Å². The molecule has 0 saturated carbocycles. The first-order valence-corrected chi connectivity index (χ1v) is 10.5. The van der Waals surface area contributed by atoms with E-state index in [0.717, 1.165) is 16.5 Å². The Morgan fingerprint density at radius 3 is 2.41 bits per heavy atom. The third-order valence-corrected chi connectivity index (χ3v) is 5.56. The number of aryl methyl sites for hydroxylation is 2. The average Bonchev–Trinajstić information content (AvgIpc) is 3.15. The summed E-state index contributed by atoms with van der Waals surface area (Å²) < 4.78 is 16.5. The monoisotopic (exact) mass is 457 g/mol. The molecule has 0 spiro atoms. The van der Waals surface area contributed by atoms with Gasteiger partial charge in [0.15, 0.2) is 17.0 Å². The maximum atomic E-state index is 13.3. The number of benzene rings is 1. The molecule has 0 unspecified atom stereocenters. The number of rotatable bonds is 4. The molecule has 9 nitrogen and oxygen atoms in total.